The van der Waals surface area contributed by atoms with Crippen LogP contribution >= 0.6 is 36.9 Å². The molecule has 5 N–H and O–H groups in total. The van der Waals surface area contributed by atoms with E-state index in [9.17, 15) is 0 Å². The molecule has 0 aliphatic carbocycles. The van der Waals surface area contributed by atoms with Crippen molar-refractivity contribution >= 4 is 54.9 Å². The average Bonchev–Trinajstić information content (AvgIpc) is 3.02. The van der Waals surface area contributed by atoms with Crippen molar-refractivity contribution in [3.63, 3.8) is 0 Å². The third-order valence-corrected chi connectivity index (χ3v) is 20.6. The van der Waals surface area contributed by atoms with Gasteiger partial charge < -0.3 is 51.6 Å². The number of nitrogens with one attached hydrogen (secondary N) is 3. The van der Waals surface area contributed by atoms with Gasteiger partial charge in [-0.3, -0.25) is 21.0 Å². The summed E-state index contributed by atoms with van der Waals surface area (Å²) < 4.78 is 20.0. The molecular formula is C28H37N8O3P5SW4-4. The van der Waals surface area contributed by atoms with Gasteiger partial charge in [-0.25, -0.2) is 4.78 Å². The summed E-state index contributed by atoms with van der Waals surface area (Å²) in [7, 11) is 15.4. The van der Waals surface area contributed by atoms with Crippen LogP contribution in [0.1, 0.15) is 16.7 Å². The van der Waals surface area contributed by atoms with Crippen LogP contribution in [0, 0.1) is 43.7 Å². The fourth-order valence-corrected chi connectivity index (χ4v) is 12.2. The van der Waals surface area contributed by atoms with Gasteiger partial charge in [-0.15, -0.1) is 0 Å². The van der Waals surface area contributed by atoms with Crippen molar-refractivity contribution in [3.8, 4) is 17.2 Å². The number of hydrogen-bond donors (Lipinski definition) is 4. The van der Waals surface area contributed by atoms with Gasteiger partial charge in [0.15, 0.2) is 6.58 Å². The summed E-state index contributed by atoms with van der Waals surface area (Å²) in [5.74, 6) is 1.59. The van der Waals surface area contributed by atoms with Crippen LogP contribution < -0.4 is 19.1 Å². The maximum atomic E-state index is 8.14. The van der Waals surface area contributed by atoms with Gasteiger partial charge in [0.1, 0.15) is 17.2 Å². The SMILES string of the molecule is [CH2-]N([CH2-])CCc1ccc(OP(=S)(Oc2ccc(CCN([CH2-])[CH2-])cc2)N(C)/N=C/c2ccc(OP(P=N)P(=N)(N)P=N)cc2)cc1.[W].[W].[W].[W]. The van der Waals surface area contributed by atoms with Crippen LogP contribution in [0.2, 0.25) is 0 Å². The maximum Gasteiger partial charge on any atom is 0.410 e. The molecule has 0 bridgehead atoms. The number of benzene rings is 3. The number of hydrogen-bond acceptors (Lipinski definition) is 10. The first-order chi connectivity index (χ1) is 21.3. The first kappa shape index (κ1) is 51.8. The van der Waals surface area contributed by atoms with Crippen LogP contribution in [0.5, 0.6) is 17.2 Å². The Labute approximate surface area is 357 Å². The molecule has 266 valence electrons. The first-order valence-electron chi connectivity index (χ1n) is 13.3. The van der Waals surface area contributed by atoms with Crippen LogP contribution in [0.3, 0.4) is 0 Å². The van der Waals surface area contributed by atoms with Crippen molar-refractivity contribution in [1.82, 2.24) is 14.6 Å². The molecule has 0 aromatic heterocycles. The van der Waals surface area contributed by atoms with E-state index in [1.165, 1.54) is 4.78 Å². The topological polar surface area (TPSA) is 147 Å². The summed E-state index contributed by atoms with van der Waals surface area (Å²) in [5, 5.41) is 27.9. The predicted octanol–water partition coefficient (Wildman–Crippen LogP) is 9.77. The summed E-state index contributed by atoms with van der Waals surface area (Å²) in [6, 6.07) is 22.4. The fourth-order valence-electron chi connectivity index (χ4n) is 3.52. The molecule has 0 fully saturated rings. The standard InChI is InChI=1S/C28H37N8O3P5S.4W/c1-34(2)20-18-23-6-14-27(15-7-23)38-44(45,39-28-16-8-24(9-17-28)19-21-35(3)4)36(5)33-22-25-10-12-26(13-11-25)37-42(40-29)43(31,32)41-30;;;;/h6-17,22,29-30H,1-4,18-21H2,5H3,(H3,31,32);;;;/q-4;;;;/b33-22+;;;;. The van der Waals surface area contributed by atoms with Gasteiger partial charge >= 0.3 is 6.64 Å². The van der Waals surface area contributed by atoms with Gasteiger partial charge in [0, 0.05) is 103 Å². The molecule has 49 heavy (non-hydrogen) atoms. The largest absolute Gasteiger partial charge is 0.610 e. The summed E-state index contributed by atoms with van der Waals surface area (Å²) >= 11 is 6.02. The summed E-state index contributed by atoms with van der Waals surface area (Å²) in [6.07, 6.45) is 3.23. The van der Waals surface area contributed by atoms with Gasteiger partial charge in [-0.1, -0.05) is 37.4 Å². The number of nitrogens with two attached hydrogens (primary N) is 1. The van der Waals surface area contributed by atoms with Crippen LogP contribution in [-0.2, 0) is 109 Å². The number of rotatable bonds is 18. The average molecular weight is 1460 g/mol. The molecule has 0 spiro atoms. The van der Waals surface area contributed by atoms with Crippen molar-refractivity contribution in [2.75, 3.05) is 20.1 Å². The minimum Gasteiger partial charge on any atom is -0.610 e. The molecule has 0 saturated carbocycles. The second-order valence-electron chi connectivity index (χ2n) is 9.72. The molecule has 0 radical (unpaired) electrons. The summed E-state index contributed by atoms with van der Waals surface area (Å²) in [5.41, 5.74) is 8.91. The maximum absolute atomic E-state index is 8.14. The molecule has 3 rings (SSSR count). The zero-order chi connectivity index (χ0) is 33.0. The summed E-state index contributed by atoms with van der Waals surface area (Å²) in [4.78, 5) is 3.28. The minimum absolute atomic E-state index is 0. The van der Waals surface area contributed by atoms with E-state index in [2.05, 4.69) is 33.3 Å². The van der Waals surface area contributed by atoms with E-state index in [1.54, 1.807) is 47.3 Å². The zero-order valence-corrected chi connectivity index (χ0v) is 43.6. The van der Waals surface area contributed by atoms with E-state index in [0.717, 1.165) is 42.6 Å². The molecule has 0 heterocycles. The van der Waals surface area contributed by atoms with E-state index in [4.69, 9.17) is 46.4 Å². The van der Waals surface area contributed by atoms with Gasteiger partial charge in [-0.05, 0) is 78.1 Å². The minimum atomic E-state index is -3.22. The Bertz CT molecular complexity index is 1490. The van der Waals surface area contributed by atoms with E-state index in [-0.39, 0.29) is 100 Å². The molecule has 21 heteroatoms. The monoisotopic (exact) mass is 1460 g/mol. The van der Waals surface area contributed by atoms with E-state index in [1.807, 2.05) is 48.5 Å². The molecule has 11 nitrogen and oxygen atoms in total. The molecular weight excluding hydrogens is 1420 g/mol. The normalized spacial score (nSPS) is 13.0. The Morgan fingerprint density at radius 2 is 1.20 bits per heavy atom. The van der Waals surface area contributed by atoms with Crippen molar-refractivity contribution in [3.05, 3.63) is 118 Å². The van der Waals surface area contributed by atoms with Crippen LogP contribution in [0.4, 0.5) is 0 Å². The predicted molar refractivity (Wildman–Crippen MR) is 193 cm³/mol. The Hall–Kier alpha value is 0.673. The van der Waals surface area contributed by atoms with Crippen molar-refractivity contribution < 1.29 is 97.8 Å². The van der Waals surface area contributed by atoms with E-state index >= 15 is 0 Å². The van der Waals surface area contributed by atoms with Crippen LogP contribution in [-0.4, -0.2) is 40.9 Å². The Kier molecular flexibility index (Phi) is 27.1. The number of nitrogens with zero attached hydrogens (tertiary/aromatic N) is 4. The molecule has 0 aliphatic rings. The van der Waals surface area contributed by atoms with Gasteiger partial charge in [0.05, 0.1) is 22.3 Å². The summed E-state index contributed by atoms with van der Waals surface area (Å²) in [6.45, 7) is -4.66. The van der Waals surface area contributed by atoms with Crippen LogP contribution in [0.15, 0.2) is 77.9 Å². The Balaban J connectivity index is 0. The third-order valence-electron chi connectivity index (χ3n) is 6.02. The number of hydrazone groups is 1. The van der Waals surface area contributed by atoms with Gasteiger partial charge in [0.25, 0.3) is 0 Å². The van der Waals surface area contributed by atoms with Crippen LogP contribution in [0.25, 0.3) is 0 Å². The second kappa shape index (κ2) is 25.6. The zero-order valence-electron chi connectivity index (χ0n) is 26.5. The first-order valence-corrected chi connectivity index (χ1v) is 22.9. The molecule has 0 saturated heterocycles. The molecule has 2 unspecified atom stereocenters. The fraction of sp³-hybridized carbons (Fsp3) is 0.179. The quantitative estimate of drug-likeness (QED) is 0.0426. The molecule has 3 aromatic carbocycles. The Morgan fingerprint density at radius 3 is 1.57 bits per heavy atom. The molecule has 2 atom stereocenters. The van der Waals surface area contributed by atoms with Gasteiger partial charge in [-0.2, -0.15) is 5.10 Å². The van der Waals surface area contributed by atoms with Crippen molar-refractivity contribution in [1.29, 1.82) is 15.5 Å². The Morgan fingerprint density at radius 1 is 0.796 bits per heavy atom. The van der Waals surface area contributed by atoms with Crippen molar-refractivity contribution in [2.24, 2.45) is 10.6 Å². The second-order valence-corrected chi connectivity index (χ2v) is 24.4. The smallest absolute Gasteiger partial charge is 0.410 e. The molecule has 0 aliphatic heterocycles. The molecule has 3 aromatic rings. The third kappa shape index (κ3) is 18.0. The van der Waals surface area contributed by atoms with Gasteiger partial charge in [0.2, 0.25) is 7.53 Å². The van der Waals surface area contributed by atoms with E-state index in [0.29, 0.717) is 17.2 Å². The molecule has 0 amide bonds. The van der Waals surface area contributed by atoms with E-state index < -0.39 is 20.8 Å². The van der Waals surface area contributed by atoms with Crippen molar-refractivity contribution in [2.45, 2.75) is 12.8 Å².